The average molecular weight is 216 g/mol. The van der Waals surface area contributed by atoms with Crippen LogP contribution in [0.3, 0.4) is 0 Å². The van der Waals surface area contributed by atoms with Crippen LogP contribution in [0.15, 0.2) is 0 Å². The van der Waals surface area contributed by atoms with Crippen LogP contribution in [-0.2, 0) is 4.79 Å². The predicted octanol–water partition coefficient (Wildman–Crippen LogP) is -1.20. The molecule has 15 heavy (non-hydrogen) atoms. The van der Waals surface area contributed by atoms with E-state index in [1.54, 1.807) is 0 Å². The molecule has 88 valence electrons. The zero-order chi connectivity index (χ0) is 11.1. The minimum atomic E-state index is -0.0611. The number of nitrogens with one attached hydrogen (secondary N) is 1. The van der Waals surface area contributed by atoms with Gasteiger partial charge in [-0.25, -0.2) is 0 Å². The van der Waals surface area contributed by atoms with Gasteiger partial charge >= 0.3 is 0 Å². The molecule has 0 aliphatic heterocycles. The van der Waals surface area contributed by atoms with E-state index in [-0.39, 0.29) is 19.1 Å². The fourth-order valence-electron chi connectivity index (χ4n) is 1.42. The molecule has 1 fully saturated rings. The molecule has 0 heterocycles. The summed E-state index contributed by atoms with van der Waals surface area (Å²) in [5, 5.41) is 20.6. The number of nitrogens with zero attached hydrogens (tertiary/aromatic N) is 1. The summed E-state index contributed by atoms with van der Waals surface area (Å²) in [6.45, 7) is 1.67. The molecule has 0 atom stereocenters. The first-order valence-corrected chi connectivity index (χ1v) is 5.48. The highest BCUT2D eigenvalue weighted by Gasteiger charge is 2.21. The second-order valence-electron chi connectivity index (χ2n) is 3.90. The van der Waals surface area contributed by atoms with Crippen LogP contribution < -0.4 is 5.32 Å². The molecule has 0 bridgehead atoms. The third kappa shape index (κ3) is 5.11. The molecule has 1 rings (SSSR count). The maximum Gasteiger partial charge on any atom is 0.236 e. The van der Waals surface area contributed by atoms with E-state index in [1.807, 2.05) is 0 Å². The summed E-state index contributed by atoms with van der Waals surface area (Å²) in [4.78, 5) is 13.0. The summed E-state index contributed by atoms with van der Waals surface area (Å²) in [6.07, 6.45) is 2.52. The van der Waals surface area contributed by atoms with Crippen LogP contribution >= 0.6 is 0 Å². The van der Waals surface area contributed by atoms with Gasteiger partial charge in [0.2, 0.25) is 5.91 Å². The van der Waals surface area contributed by atoms with Gasteiger partial charge in [0.05, 0.1) is 19.8 Å². The molecular formula is C10H20N2O3. The Bertz CT molecular complexity index is 189. The van der Waals surface area contributed by atoms with Gasteiger partial charge in [-0.2, -0.15) is 0 Å². The quantitative estimate of drug-likeness (QED) is 0.476. The molecule has 0 unspecified atom stereocenters. The van der Waals surface area contributed by atoms with Crippen LogP contribution in [-0.4, -0.2) is 60.4 Å². The zero-order valence-corrected chi connectivity index (χ0v) is 8.98. The molecule has 0 spiro atoms. The lowest BCUT2D eigenvalue weighted by Crippen LogP contribution is -2.41. The lowest BCUT2D eigenvalue weighted by molar-refractivity contribution is -0.131. The average Bonchev–Trinajstić information content (AvgIpc) is 3.01. The van der Waals surface area contributed by atoms with Gasteiger partial charge in [-0.3, -0.25) is 4.79 Å². The van der Waals surface area contributed by atoms with Gasteiger partial charge in [0.15, 0.2) is 0 Å². The van der Waals surface area contributed by atoms with Crippen molar-refractivity contribution in [3.63, 3.8) is 0 Å². The second kappa shape index (κ2) is 6.76. The minimum Gasteiger partial charge on any atom is -0.395 e. The number of rotatable bonds is 8. The molecule has 1 aliphatic carbocycles. The van der Waals surface area contributed by atoms with Crippen LogP contribution in [0.4, 0.5) is 0 Å². The summed E-state index contributed by atoms with van der Waals surface area (Å²) in [6, 6.07) is 0. The molecule has 0 aromatic heterocycles. The maximum atomic E-state index is 11.6. The SMILES string of the molecule is O=C(CNCC1CC1)N(CCO)CCO. The van der Waals surface area contributed by atoms with Crippen LogP contribution in [0.5, 0.6) is 0 Å². The fourth-order valence-corrected chi connectivity index (χ4v) is 1.42. The van der Waals surface area contributed by atoms with Crippen molar-refractivity contribution < 1.29 is 15.0 Å². The standard InChI is InChI=1S/C10H20N2O3/c13-5-3-12(4-6-14)10(15)8-11-7-9-1-2-9/h9,11,13-14H,1-8H2. The van der Waals surface area contributed by atoms with Gasteiger partial charge in [-0.05, 0) is 25.3 Å². The summed E-state index contributed by atoms with van der Waals surface area (Å²) in [7, 11) is 0. The largest absolute Gasteiger partial charge is 0.395 e. The van der Waals surface area contributed by atoms with Crippen molar-refractivity contribution in [1.82, 2.24) is 10.2 Å². The Hall–Kier alpha value is -0.650. The highest BCUT2D eigenvalue weighted by atomic mass is 16.3. The molecule has 5 nitrogen and oxygen atoms in total. The molecule has 5 heteroatoms. The van der Waals surface area contributed by atoms with Crippen molar-refractivity contribution in [2.75, 3.05) is 39.4 Å². The van der Waals surface area contributed by atoms with Gasteiger partial charge in [0.1, 0.15) is 0 Å². The molecule has 0 aromatic rings. The van der Waals surface area contributed by atoms with Gasteiger partial charge < -0.3 is 20.4 Å². The summed E-state index contributed by atoms with van der Waals surface area (Å²) in [5.41, 5.74) is 0. The summed E-state index contributed by atoms with van der Waals surface area (Å²) in [5.74, 6) is 0.695. The van der Waals surface area contributed by atoms with Gasteiger partial charge in [-0.1, -0.05) is 0 Å². The Morgan fingerprint density at radius 3 is 2.33 bits per heavy atom. The van der Waals surface area contributed by atoms with E-state index >= 15 is 0 Å². The minimum absolute atomic E-state index is 0.0567. The highest BCUT2D eigenvalue weighted by Crippen LogP contribution is 2.27. The molecule has 3 N–H and O–H groups in total. The van der Waals surface area contributed by atoms with Crippen LogP contribution in [0.2, 0.25) is 0 Å². The predicted molar refractivity (Wildman–Crippen MR) is 56.3 cm³/mol. The molecule has 0 radical (unpaired) electrons. The lowest BCUT2D eigenvalue weighted by Gasteiger charge is -2.20. The van der Waals surface area contributed by atoms with Crippen LogP contribution in [0, 0.1) is 5.92 Å². The highest BCUT2D eigenvalue weighted by molar-refractivity contribution is 5.78. The van der Waals surface area contributed by atoms with Gasteiger partial charge in [-0.15, -0.1) is 0 Å². The van der Waals surface area contributed by atoms with E-state index in [1.165, 1.54) is 17.7 Å². The Labute approximate surface area is 90.1 Å². The summed E-state index contributed by atoms with van der Waals surface area (Å²) < 4.78 is 0. The number of amides is 1. The number of carbonyl (C=O) groups is 1. The van der Waals surface area contributed by atoms with E-state index in [0.29, 0.717) is 19.6 Å². The van der Waals surface area contributed by atoms with E-state index in [2.05, 4.69) is 5.32 Å². The molecule has 1 saturated carbocycles. The van der Waals surface area contributed by atoms with Crippen LogP contribution in [0.25, 0.3) is 0 Å². The van der Waals surface area contributed by atoms with Crippen molar-refractivity contribution in [3.05, 3.63) is 0 Å². The molecule has 1 amide bonds. The number of hydrogen-bond acceptors (Lipinski definition) is 4. The Morgan fingerprint density at radius 2 is 1.87 bits per heavy atom. The van der Waals surface area contributed by atoms with Gasteiger partial charge in [0.25, 0.3) is 0 Å². The monoisotopic (exact) mass is 216 g/mol. The van der Waals surface area contributed by atoms with E-state index in [9.17, 15) is 4.79 Å². The first-order valence-electron chi connectivity index (χ1n) is 5.48. The number of aliphatic hydroxyl groups is 2. The normalized spacial score (nSPS) is 15.3. The van der Waals surface area contributed by atoms with Crippen molar-refractivity contribution in [2.45, 2.75) is 12.8 Å². The topological polar surface area (TPSA) is 72.8 Å². The molecule has 0 saturated heterocycles. The first kappa shape index (κ1) is 12.4. The number of aliphatic hydroxyl groups excluding tert-OH is 2. The fraction of sp³-hybridized carbons (Fsp3) is 0.900. The van der Waals surface area contributed by atoms with Gasteiger partial charge in [0, 0.05) is 13.1 Å². The van der Waals surface area contributed by atoms with E-state index in [0.717, 1.165) is 12.5 Å². The van der Waals surface area contributed by atoms with Crippen molar-refractivity contribution in [2.24, 2.45) is 5.92 Å². The Kier molecular flexibility index (Phi) is 5.60. The van der Waals surface area contributed by atoms with Crippen molar-refractivity contribution in [3.8, 4) is 0 Å². The number of hydrogen-bond donors (Lipinski definition) is 3. The first-order chi connectivity index (χ1) is 7.27. The molecular weight excluding hydrogens is 196 g/mol. The maximum absolute atomic E-state index is 11.6. The molecule has 1 aliphatic rings. The summed E-state index contributed by atoms with van der Waals surface area (Å²) >= 11 is 0. The van der Waals surface area contributed by atoms with Crippen molar-refractivity contribution in [1.29, 1.82) is 0 Å². The smallest absolute Gasteiger partial charge is 0.236 e. The second-order valence-corrected chi connectivity index (χ2v) is 3.90. The third-order valence-electron chi connectivity index (χ3n) is 2.50. The van der Waals surface area contributed by atoms with E-state index < -0.39 is 0 Å². The van der Waals surface area contributed by atoms with Crippen molar-refractivity contribution >= 4 is 5.91 Å². The number of carbonyl (C=O) groups excluding carboxylic acids is 1. The Morgan fingerprint density at radius 1 is 1.27 bits per heavy atom. The zero-order valence-electron chi connectivity index (χ0n) is 8.98. The van der Waals surface area contributed by atoms with Crippen LogP contribution in [0.1, 0.15) is 12.8 Å². The molecule has 0 aromatic carbocycles. The third-order valence-corrected chi connectivity index (χ3v) is 2.50. The Balaban J connectivity index is 2.14. The lowest BCUT2D eigenvalue weighted by atomic mass is 10.4. The van der Waals surface area contributed by atoms with E-state index in [4.69, 9.17) is 10.2 Å².